The molecular weight excluding hydrogens is 180 g/mol. The maximum absolute atomic E-state index is 11.2. The summed E-state index contributed by atoms with van der Waals surface area (Å²) in [6, 6.07) is 1.53. The summed E-state index contributed by atoms with van der Waals surface area (Å²) in [4.78, 5) is 11.2. The van der Waals surface area contributed by atoms with Gasteiger partial charge >= 0.3 is 0 Å². The van der Waals surface area contributed by atoms with Gasteiger partial charge in [-0.15, -0.1) is 5.10 Å². The van der Waals surface area contributed by atoms with E-state index >= 15 is 0 Å². The van der Waals surface area contributed by atoms with Gasteiger partial charge in [0.2, 0.25) is 5.91 Å². The summed E-state index contributed by atoms with van der Waals surface area (Å²) in [6.45, 7) is 3.69. The van der Waals surface area contributed by atoms with Crippen molar-refractivity contribution in [2.75, 3.05) is 12.4 Å². The summed E-state index contributed by atoms with van der Waals surface area (Å²) >= 11 is 0. The summed E-state index contributed by atoms with van der Waals surface area (Å²) < 4.78 is 0. The Hall–Kier alpha value is -1.65. The van der Waals surface area contributed by atoms with Gasteiger partial charge in [0.1, 0.15) is 11.9 Å². The lowest BCUT2D eigenvalue weighted by Gasteiger charge is -2.12. The van der Waals surface area contributed by atoms with Gasteiger partial charge in [0, 0.05) is 7.05 Å². The molecule has 0 aliphatic rings. The summed E-state index contributed by atoms with van der Waals surface area (Å²) in [5, 5.41) is 13.1. The molecule has 1 aromatic rings. The normalized spacial score (nSPS) is 11.9. The number of anilines is 1. The molecule has 5 nitrogen and oxygen atoms in total. The van der Waals surface area contributed by atoms with E-state index in [-0.39, 0.29) is 11.9 Å². The van der Waals surface area contributed by atoms with E-state index in [1.54, 1.807) is 20.2 Å². The molecule has 1 atom stereocenters. The molecule has 1 heterocycles. The van der Waals surface area contributed by atoms with Gasteiger partial charge in [-0.05, 0) is 25.5 Å². The molecule has 76 valence electrons. The predicted octanol–water partition coefficient (Wildman–Crippen LogP) is 0.331. The number of amides is 1. The zero-order valence-corrected chi connectivity index (χ0v) is 8.53. The number of aryl methyl sites for hydroxylation is 1. The predicted molar refractivity (Wildman–Crippen MR) is 53.9 cm³/mol. The lowest BCUT2D eigenvalue weighted by atomic mass is 10.3. The number of rotatable bonds is 3. The van der Waals surface area contributed by atoms with E-state index in [1.807, 2.05) is 13.0 Å². The summed E-state index contributed by atoms with van der Waals surface area (Å²) in [7, 11) is 1.60. The van der Waals surface area contributed by atoms with Gasteiger partial charge in [-0.25, -0.2) is 0 Å². The highest BCUT2D eigenvalue weighted by atomic mass is 16.2. The molecular formula is C9H14N4O. The van der Waals surface area contributed by atoms with E-state index < -0.39 is 0 Å². The van der Waals surface area contributed by atoms with E-state index in [1.165, 1.54) is 0 Å². The molecule has 0 aliphatic heterocycles. The maximum Gasteiger partial charge on any atom is 0.241 e. The minimum Gasteiger partial charge on any atom is -0.357 e. The van der Waals surface area contributed by atoms with Crippen LogP contribution in [-0.4, -0.2) is 29.2 Å². The minimum atomic E-state index is -0.309. The molecule has 1 amide bonds. The molecule has 1 aromatic heterocycles. The number of nitrogens with one attached hydrogen (secondary N) is 2. The zero-order valence-electron chi connectivity index (χ0n) is 8.53. The van der Waals surface area contributed by atoms with Crippen molar-refractivity contribution in [1.82, 2.24) is 15.5 Å². The van der Waals surface area contributed by atoms with Crippen LogP contribution in [0.3, 0.4) is 0 Å². The standard InChI is InChI=1S/C9H14N4O/c1-6-4-8(13-11-5-6)12-7(2)9(14)10-3/h4-5,7H,1-3H3,(H,10,14)(H,12,13). The molecule has 0 saturated heterocycles. The molecule has 0 saturated carbocycles. The second-order valence-electron chi connectivity index (χ2n) is 3.10. The monoisotopic (exact) mass is 194 g/mol. The maximum atomic E-state index is 11.2. The van der Waals surface area contributed by atoms with Gasteiger partial charge in [-0.1, -0.05) is 0 Å². The van der Waals surface area contributed by atoms with Crippen molar-refractivity contribution in [3.63, 3.8) is 0 Å². The Morgan fingerprint density at radius 1 is 1.57 bits per heavy atom. The Kier molecular flexibility index (Phi) is 3.39. The lowest BCUT2D eigenvalue weighted by Crippen LogP contribution is -2.35. The number of carbonyl (C=O) groups is 1. The highest BCUT2D eigenvalue weighted by Crippen LogP contribution is 2.04. The Balaban J connectivity index is 2.64. The van der Waals surface area contributed by atoms with Crippen LogP contribution in [0.1, 0.15) is 12.5 Å². The fourth-order valence-corrected chi connectivity index (χ4v) is 1.04. The molecule has 0 spiro atoms. The zero-order chi connectivity index (χ0) is 10.6. The van der Waals surface area contributed by atoms with Gasteiger partial charge in [-0.2, -0.15) is 5.10 Å². The SMILES string of the molecule is CNC(=O)C(C)Nc1cc(C)cnn1. The van der Waals surface area contributed by atoms with Crippen molar-refractivity contribution >= 4 is 11.7 Å². The van der Waals surface area contributed by atoms with Crippen LogP contribution in [0.25, 0.3) is 0 Å². The Morgan fingerprint density at radius 3 is 2.86 bits per heavy atom. The molecule has 5 heteroatoms. The van der Waals surface area contributed by atoms with Crippen LogP contribution in [0, 0.1) is 6.92 Å². The highest BCUT2D eigenvalue weighted by molar-refractivity contribution is 5.83. The first-order valence-electron chi connectivity index (χ1n) is 4.41. The van der Waals surface area contributed by atoms with E-state index in [4.69, 9.17) is 0 Å². The third kappa shape index (κ3) is 2.69. The minimum absolute atomic E-state index is 0.0756. The van der Waals surface area contributed by atoms with Crippen molar-refractivity contribution < 1.29 is 4.79 Å². The molecule has 0 bridgehead atoms. The second-order valence-corrected chi connectivity index (χ2v) is 3.10. The first-order chi connectivity index (χ1) is 6.63. The molecule has 0 aromatic carbocycles. The van der Waals surface area contributed by atoms with Crippen molar-refractivity contribution in [2.45, 2.75) is 19.9 Å². The average Bonchev–Trinajstić information content (AvgIpc) is 2.16. The molecule has 0 radical (unpaired) electrons. The average molecular weight is 194 g/mol. The van der Waals surface area contributed by atoms with Crippen LogP contribution in [0.15, 0.2) is 12.3 Å². The number of hydrogen-bond donors (Lipinski definition) is 2. The van der Waals surface area contributed by atoms with Gasteiger partial charge < -0.3 is 10.6 Å². The number of carbonyl (C=O) groups excluding carboxylic acids is 1. The number of hydrogen-bond acceptors (Lipinski definition) is 4. The first kappa shape index (κ1) is 10.4. The Labute approximate surface area is 82.9 Å². The molecule has 1 unspecified atom stereocenters. The molecule has 0 aliphatic carbocycles. The van der Waals surface area contributed by atoms with Crippen LogP contribution in [0.2, 0.25) is 0 Å². The molecule has 0 fully saturated rings. The van der Waals surface area contributed by atoms with Gasteiger partial charge in [0.25, 0.3) is 0 Å². The number of aromatic nitrogens is 2. The van der Waals surface area contributed by atoms with Crippen molar-refractivity contribution in [1.29, 1.82) is 0 Å². The fraction of sp³-hybridized carbons (Fsp3) is 0.444. The van der Waals surface area contributed by atoms with Crippen molar-refractivity contribution in [3.05, 3.63) is 17.8 Å². The third-order valence-electron chi connectivity index (χ3n) is 1.80. The molecule has 2 N–H and O–H groups in total. The van der Waals surface area contributed by atoms with Crippen LogP contribution in [-0.2, 0) is 4.79 Å². The van der Waals surface area contributed by atoms with Crippen LogP contribution in [0.4, 0.5) is 5.82 Å². The van der Waals surface area contributed by atoms with E-state index in [0.717, 1.165) is 5.56 Å². The Morgan fingerprint density at radius 2 is 2.29 bits per heavy atom. The lowest BCUT2D eigenvalue weighted by molar-refractivity contribution is -0.121. The largest absolute Gasteiger partial charge is 0.357 e. The number of likely N-dealkylation sites (N-methyl/N-ethyl adjacent to an activating group) is 1. The van der Waals surface area contributed by atoms with E-state index in [0.29, 0.717) is 5.82 Å². The van der Waals surface area contributed by atoms with E-state index in [9.17, 15) is 4.79 Å². The smallest absolute Gasteiger partial charge is 0.241 e. The van der Waals surface area contributed by atoms with Crippen LogP contribution < -0.4 is 10.6 Å². The van der Waals surface area contributed by atoms with Gasteiger partial charge in [0.15, 0.2) is 0 Å². The quantitative estimate of drug-likeness (QED) is 0.727. The highest BCUT2D eigenvalue weighted by Gasteiger charge is 2.10. The topological polar surface area (TPSA) is 66.9 Å². The summed E-state index contributed by atoms with van der Waals surface area (Å²) in [6.07, 6.45) is 1.66. The Bertz CT molecular complexity index is 326. The molecule has 1 rings (SSSR count). The molecule has 14 heavy (non-hydrogen) atoms. The summed E-state index contributed by atoms with van der Waals surface area (Å²) in [5.41, 5.74) is 1.01. The third-order valence-corrected chi connectivity index (χ3v) is 1.80. The summed E-state index contributed by atoms with van der Waals surface area (Å²) in [5.74, 6) is 0.536. The van der Waals surface area contributed by atoms with Gasteiger partial charge in [-0.3, -0.25) is 4.79 Å². The fourth-order valence-electron chi connectivity index (χ4n) is 1.04. The van der Waals surface area contributed by atoms with Gasteiger partial charge in [0.05, 0.1) is 6.20 Å². The first-order valence-corrected chi connectivity index (χ1v) is 4.41. The van der Waals surface area contributed by atoms with Crippen molar-refractivity contribution in [2.24, 2.45) is 0 Å². The second kappa shape index (κ2) is 4.55. The van der Waals surface area contributed by atoms with Crippen LogP contribution >= 0.6 is 0 Å². The van der Waals surface area contributed by atoms with Crippen LogP contribution in [0.5, 0.6) is 0 Å². The number of nitrogens with zero attached hydrogens (tertiary/aromatic N) is 2. The van der Waals surface area contributed by atoms with E-state index in [2.05, 4.69) is 20.8 Å². The van der Waals surface area contributed by atoms with Crippen molar-refractivity contribution in [3.8, 4) is 0 Å².